The molecule has 0 saturated carbocycles. The first-order valence-electron chi connectivity index (χ1n) is 12.6. The molecule has 34 heavy (non-hydrogen) atoms. The van der Waals surface area contributed by atoms with Gasteiger partial charge in [-0.25, -0.2) is 0 Å². The Bertz CT molecular complexity index is 905. The van der Waals surface area contributed by atoms with Gasteiger partial charge in [-0.3, -0.25) is 5.43 Å². The van der Waals surface area contributed by atoms with Gasteiger partial charge in [0.2, 0.25) is 5.88 Å². The highest BCUT2D eigenvalue weighted by Crippen LogP contribution is 2.25. The van der Waals surface area contributed by atoms with Crippen LogP contribution in [0.15, 0.2) is 53.8 Å². The van der Waals surface area contributed by atoms with Crippen LogP contribution in [0.2, 0.25) is 0 Å². The smallest absolute Gasteiger partial charge is 0.217 e. The predicted octanol–water partition coefficient (Wildman–Crippen LogP) is 6.52. The molecular formula is C28H43N5O. The Morgan fingerprint density at radius 2 is 1.94 bits per heavy atom. The first-order chi connectivity index (χ1) is 16.4. The van der Waals surface area contributed by atoms with Gasteiger partial charge in [-0.1, -0.05) is 57.2 Å². The molecule has 0 aliphatic carbocycles. The molecule has 2 N–H and O–H groups in total. The van der Waals surface area contributed by atoms with Crippen molar-refractivity contribution >= 4 is 17.7 Å². The normalized spacial score (nSPS) is 11.9. The van der Waals surface area contributed by atoms with Crippen LogP contribution in [0.5, 0.6) is 5.88 Å². The Labute approximate surface area is 206 Å². The number of pyridine rings is 1. The third kappa shape index (κ3) is 9.86. The summed E-state index contributed by atoms with van der Waals surface area (Å²) in [6, 6.07) is 12.8. The molecule has 0 fully saturated rings. The van der Waals surface area contributed by atoms with Gasteiger partial charge in [0.15, 0.2) is 5.82 Å². The minimum Gasteiger partial charge on any atom is -0.478 e. The van der Waals surface area contributed by atoms with Crippen molar-refractivity contribution in [3.05, 3.63) is 59.8 Å². The van der Waals surface area contributed by atoms with Crippen molar-refractivity contribution in [2.45, 2.75) is 72.8 Å². The fourth-order valence-electron chi connectivity index (χ4n) is 3.62. The largest absolute Gasteiger partial charge is 0.478 e. The molecule has 0 aliphatic heterocycles. The van der Waals surface area contributed by atoms with Crippen molar-refractivity contribution in [2.24, 2.45) is 5.10 Å². The average Bonchev–Trinajstić information content (AvgIpc) is 2.81. The van der Waals surface area contributed by atoms with Gasteiger partial charge in [-0.15, -0.1) is 0 Å². The summed E-state index contributed by atoms with van der Waals surface area (Å²) < 4.78 is 6.06. The first kappa shape index (κ1) is 27.2. The molecular weight excluding hydrogens is 422 g/mol. The number of aromatic nitrogens is 1. The van der Waals surface area contributed by atoms with E-state index in [0.717, 1.165) is 62.1 Å². The van der Waals surface area contributed by atoms with E-state index in [-0.39, 0.29) is 0 Å². The maximum absolute atomic E-state index is 6.06. The summed E-state index contributed by atoms with van der Waals surface area (Å²) in [6.45, 7) is 17.5. The second kappa shape index (κ2) is 15.0. The van der Waals surface area contributed by atoms with E-state index in [1.54, 1.807) is 0 Å². The number of aryl methyl sites for hydroxylation is 1. The zero-order chi connectivity index (χ0) is 24.8. The highest BCUT2D eigenvalue weighted by Gasteiger charge is 2.10. The van der Waals surface area contributed by atoms with Crippen molar-refractivity contribution in [1.29, 1.82) is 0 Å². The molecule has 0 saturated heterocycles. The van der Waals surface area contributed by atoms with Crippen molar-refractivity contribution in [1.82, 2.24) is 10.3 Å². The van der Waals surface area contributed by atoms with Crippen LogP contribution in [-0.4, -0.2) is 36.9 Å². The number of rotatable bonds is 16. The Morgan fingerprint density at radius 3 is 2.62 bits per heavy atom. The van der Waals surface area contributed by atoms with Gasteiger partial charge < -0.3 is 15.0 Å². The van der Waals surface area contributed by atoms with E-state index < -0.39 is 0 Å². The number of benzene rings is 1. The maximum atomic E-state index is 6.06. The topological polar surface area (TPSA) is 61.8 Å². The lowest BCUT2D eigenvalue weighted by molar-refractivity contribution is 0.298. The fraction of sp³-hybridized carbons (Fsp3) is 0.500. The summed E-state index contributed by atoms with van der Waals surface area (Å²) in [6.07, 6.45) is 6.83. The summed E-state index contributed by atoms with van der Waals surface area (Å²) in [5.41, 5.74) is 7.51. The molecule has 6 nitrogen and oxygen atoms in total. The molecule has 0 bridgehead atoms. The Hall–Kier alpha value is -3.02. The predicted molar refractivity (Wildman–Crippen MR) is 146 cm³/mol. The van der Waals surface area contributed by atoms with Crippen LogP contribution in [0, 0.1) is 6.92 Å². The van der Waals surface area contributed by atoms with Crippen LogP contribution in [0.4, 0.5) is 11.5 Å². The molecule has 0 amide bonds. The number of hydrogen-bond donors (Lipinski definition) is 2. The number of nitrogens with zero attached hydrogens (tertiary/aromatic N) is 3. The second-order valence-corrected chi connectivity index (χ2v) is 8.83. The zero-order valence-corrected chi connectivity index (χ0v) is 21.7. The standard InChI is InChI=1S/C28H43N5O/c1-7-15-33(16-8-2)26-19-27(32-29-21-25-14-10-12-22(4)18-25)31-28(20-26)34-17-11-13-24(6)30-23(5)9-3/h10,12,14,18-21,23,30H,6-9,11,13,15-17H2,1-5H3,(H,31,32)/b29-21+. The molecule has 1 unspecified atom stereocenters. The van der Waals surface area contributed by atoms with Crippen LogP contribution in [0.25, 0.3) is 0 Å². The summed E-state index contributed by atoms with van der Waals surface area (Å²) in [7, 11) is 0. The molecule has 0 radical (unpaired) electrons. The SMILES string of the molecule is C=C(CCCOc1cc(N(CCC)CCC)cc(N/N=C/c2cccc(C)c2)n1)NC(C)CC. The third-order valence-corrected chi connectivity index (χ3v) is 5.51. The number of hydrogen-bond acceptors (Lipinski definition) is 6. The van der Waals surface area contributed by atoms with E-state index in [4.69, 9.17) is 4.74 Å². The molecule has 6 heteroatoms. The first-order valence-corrected chi connectivity index (χ1v) is 12.6. The van der Waals surface area contributed by atoms with E-state index in [2.05, 4.69) is 79.1 Å². The van der Waals surface area contributed by atoms with E-state index >= 15 is 0 Å². The number of nitrogens with one attached hydrogen (secondary N) is 2. The van der Waals surface area contributed by atoms with Crippen LogP contribution in [0.1, 0.15) is 70.9 Å². The van der Waals surface area contributed by atoms with Gasteiger partial charge in [-0.05, 0) is 51.5 Å². The van der Waals surface area contributed by atoms with Crippen molar-refractivity contribution in [2.75, 3.05) is 30.0 Å². The lowest BCUT2D eigenvalue weighted by Crippen LogP contribution is -2.25. The highest BCUT2D eigenvalue weighted by atomic mass is 16.5. The van der Waals surface area contributed by atoms with E-state index in [9.17, 15) is 0 Å². The van der Waals surface area contributed by atoms with Crippen LogP contribution < -0.4 is 20.4 Å². The summed E-state index contributed by atoms with van der Waals surface area (Å²) in [4.78, 5) is 7.03. The van der Waals surface area contributed by atoms with Crippen LogP contribution in [0.3, 0.4) is 0 Å². The van der Waals surface area contributed by atoms with Crippen molar-refractivity contribution < 1.29 is 4.74 Å². The highest BCUT2D eigenvalue weighted by molar-refractivity contribution is 5.80. The molecule has 1 aromatic heterocycles. The van der Waals surface area contributed by atoms with Gasteiger partial charge in [0.25, 0.3) is 0 Å². The van der Waals surface area contributed by atoms with Gasteiger partial charge in [0, 0.05) is 42.6 Å². The lowest BCUT2D eigenvalue weighted by Gasteiger charge is -2.24. The quantitative estimate of drug-likeness (QED) is 0.168. The zero-order valence-electron chi connectivity index (χ0n) is 21.7. The molecule has 2 aromatic rings. The van der Waals surface area contributed by atoms with Crippen molar-refractivity contribution in [3.63, 3.8) is 0 Å². The molecule has 1 heterocycles. The Balaban J connectivity index is 2.08. The molecule has 1 aromatic carbocycles. The Kier molecular flexibility index (Phi) is 12.0. The minimum atomic E-state index is 0.448. The molecule has 1 atom stereocenters. The number of hydrazone groups is 1. The maximum Gasteiger partial charge on any atom is 0.217 e. The lowest BCUT2D eigenvalue weighted by atomic mass is 10.2. The van der Waals surface area contributed by atoms with Gasteiger partial charge in [-0.2, -0.15) is 10.1 Å². The van der Waals surface area contributed by atoms with Gasteiger partial charge in [0.1, 0.15) is 0 Å². The van der Waals surface area contributed by atoms with E-state index in [0.29, 0.717) is 24.3 Å². The van der Waals surface area contributed by atoms with Crippen molar-refractivity contribution in [3.8, 4) is 5.88 Å². The number of ether oxygens (including phenoxy) is 1. The monoisotopic (exact) mass is 465 g/mol. The summed E-state index contributed by atoms with van der Waals surface area (Å²) in [5, 5.41) is 7.84. The Morgan fingerprint density at radius 1 is 1.18 bits per heavy atom. The third-order valence-electron chi connectivity index (χ3n) is 5.51. The van der Waals surface area contributed by atoms with Crippen LogP contribution in [-0.2, 0) is 0 Å². The molecule has 186 valence electrons. The van der Waals surface area contributed by atoms with Gasteiger partial charge in [0.05, 0.1) is 12.8 Å². The number of allylic oxidation sites excluding steroid dienone is 1. The van der Waals surface area contributed by atoms with Crippen LogP contribution >= 0.6 is 0 Å². The van der Waals surface area contributed by atoms with Gasteiger partial charge >= 0.3 is 0 Å². The second-order valence-electron chi connectivity index (χ2n) is 8.83. The summed E-state index contributed by atoms with van der Waals surface area (Å²) in [5.74, 6) is 1.29. The number of anilines is 2. The minimum absolute atomic E-state index is 0.448. The molecule has 0 spiro atoms. The van der Waals surface area contributed by atoms with E-state index in [1.165, 1.54) is 5.56 Å². The fourth-order valence-corrected chi connectivity index (χ4v) is 3.62. The average molecular weight is 466 g/mol. The van der Waals surface area contributed by atoms with E-state index in [1.807, 2.05) is 30.5 Å². The molecule has 2 rings (SSSR count). The summed E-state index contributed by atoms with van der Waals surface area (Å²) >= 11 is 0. The molecule has 0 aliphatic rings.